The molecule has 27 heavy (non-hydrogen) atoms. The van der Waals surface area contributed by atoms with Crippen molar-refractivity contribution in [3.63, 3.8) is 0 Å². The average Bonchev–Trinajstić information content (AvgIpc) is 3.32. The minimum atomic E-state index is 0. The lowest BCUT2D eigenvalue weighted by molar-refractivity contribution is 0.117. The molecule has 1 aliphatic carbocycles. The monoisotopic (exact) mass is 490 g/mol. The molecule has 2 aliphatic rings. The van der Waals surface area contributed by atoms with Crippen molar-refractivity contribution in [3.8, 4) is 0 Å². The molecule has 2 N–H and O–H groups in total. The van der Waals surface area contributed by atoms with E-state index in [0.717, 1.165) is 63.2 Å². The van der Waals surface area contributed by atoms with E-state index in [-0.39, 0.29) is 30.1 Å². The Labute approximate surface area is 180 Å². The normalized spacial score (nSPS) is 25.9. The SMILES string of the molecule is CCc1nncn1CCNC(=NCC1CCCO1)NC1CCC(C)CC1.I. The van der Waals surface area contributed by atoms with Crippen LogP contribution in [0.25, 0.3) is 0 Å². The van der Waals surface area contributed by atoms with Crippen LogP contribution in [0.3, 0.4) is 0 Å². The van der Waals surface area contributed by atoms with Crippen LogP contribution in [0.15, 0.2) is 11.3 Å². The second-order valence-electron chi connectivity index (χ2n) is 7.65. The Morgan fingerprint density at radius 2 is 2.11 bits per heavy atom. The Hall–Kier alpha value is -0.900. The molecule has 1 atom stereocenters. The molecule has 0 spiro atoms. The molecule has 0 radical (unpaired) electrons. The summed E-state index contributed by atoms with van der Waals surface area (Å²) in [7, 11) is 0. The number of aliphatic imine (C=N–C) groups is 1. The Morgan fingerprint density at radius 3 is 2.81 bits per heavy atom. The van der Waals surface area contributed by atoms with Gasteiger partial charge in [-0.25, -0.2) is 0 Å². The number of hydrogen-bond donors (Lipinski definition) is 2. The second-order valence-corrected chi connectivity index (χ2v) is 7.65. The van der Waals surface area contributed by atoms with Crippen LogP contribution in [0.2, 0.25) is 0 Å². The number of halogens is 1. The maximum atomic E-state index is 5.72. The van der Waals surface area contributed by atoms with Gasteiger partial charge in [0.25, 0.3) is 0 Å². The van der Waals surface area contributed by atoms with Gasteiger partial charge in [0, 0.05) is 32.2 Å². The summed E-state index contributed by atoms with van der Waals surface area (Å²) in [4.78, 5) is 4.81. The van der Waals surface area contributed by atoms with Crippen molar-refractivity contribution in [1.29, 1.82) is 0 Å². The maximum Gasteiger partial charge on any atom is 0.191 e. The van der Waals surface area contributed by atoms with E-state index in [1.165, 1.54) is 25.7 Å². The minimum Gasteiger partial charge on any atom is -0.376 e. The highest BCUT2D eigenvalue weighted by atomic mass is 127. The van der Waals surface area contributed by atoms with Crippen molar-refractivity contribution in [2.75, 3.05) is 19.7 Å². The van der Waals surface area contributed by atoms with Gasteiger partial charge in [-0.2, -0.15) is 0 Å². The molecule has 2 heterocycles. The zero-order chi connectivity index (χ0) is 18.2. The van der Waals surface area contributed by atoms with E-state index < -0.39 is 0 Å². The predicted molar refractivity (Wildman–Crippen MR) is 119 cm³/mol. The van der Waals surface area contributed by atoms with Gasteiger partial charge in [-0.1, -0.05) is 13.8 Å². The summed E-state index contributed by atoms with van der Waals surface area (Å²) in [5, 5.41) is 15.3. The number of aromatic nitrogens is 3. The summed E-state index contributed by atoms with van der Waals surface area (Å²) in [5.74, 6) is 2.81. The lowest BCUT2D eigenvalue weighted by Gasteiger charge is -2.28. The van der Waals surface area contributed by atoms with Crippen LogP contribution in [0.4, 0.5) is 0 Å². The van der Waals surface area contributed by atoms with Crippen molar-refractivity contribution in [2.24, 2.45) is 10.9 Å². The van der Waals surface area contributed by atoms with E-state index in [1.54, 1.807) is 6.33 Å². The van der Waals surface area contributed by atoms with E-state index in [0.29, 0.717) is 6.04 Å². The quantitative estimate of drug-likeness (QED) is 0.349. The Kier molecular flexibility index (Phi) is 9.81. The summed E-state index contributed by atoms with van der Waals surface area (Å²) in [5.41, 5.74) is 0. The number of hydrogen-bond acceptors (Lipinski definition) is 4. The molecule has 0 bridgehead atoms. The minimum absolute atomic E-state index is 0. The summed E-state index contributed by atoms with van der Waals surface area (Å²) in [6.07, 6.45) is 10.3. The number of rotatable bonds is 7. The molecule has 8 heteroatoms. The fourth-order valence-corrected chi connectivity index (χ4v) is 3.77. The number of nitrogens with zero attached hydrogens (tertiary/aromatic N) is 4. The van der Waals surface area contributed by atoms with E-state index >= 15 is 0 Å². The predicted octanol–water partition coefficient (Wildman–Crippen LogP) is 2.75. The zero-order valence-electron chi connectivity index (χ0n) is 16.7. The largest absolute Gasteiger partial charge is 0.376 e. The first-order valence-electron chi connectivity index (χ1n) is 10.3. The molecule has 1 aromatic rings. The van der Waals surface area contributed by atoms with Gasteiger partial charge in [0.15, 0.2) is 5.96 Å². The van der Waals surface area contributed by atoms with Crippen LogP contribution in [-0.2, 0) is 17.7 Å². The van der Waals surface area contributed by atoms with Crippen molar-refractivity contribution in [3.05, 3.63) is 12.2 Å². The standard InChI is InChI=1S/C19H34N6O.HI/c1-3-18-24-22-14-25(18)11-10-20-19(21-13-17-5-4-12-26-17)23-16-8-6-15(2)7-9-16;/h14-17H,3-13H2,1-2H3,(H2,20,21,23);1H. The smallest absolute Gasteiger partial charge is 0.191 e. The summed E-state index contributed by atoms with van der Waals surface area (Å²) >= 11 is 0. The highest BCUT2D eigenvalue weighted by molar-refractivity contribution is 14.0. The van der Waals surface area contributed by atoms with Gasteiger partial charge in [-0.05, 0) is 44.4 Å². The molecule has 2 fully saturated rings. The van der Waals surface area contributed by atoms with Crippen LogP contribution < -0.4 is 10.6 Å². The molecule has 1 saturated heterocycles. The zero-order valence-corrected chi connectivity index (χ0v) is 19.0. The third kappa shape index (κ3) is 7.21. The highest BCUT2D eigenvalue weighted by Gasteiger charge is 2.20. The van der Waals surface area contributed by atoms with Crippen LogP contribution in [0, 0.1) is 5.92 Å². The van der Waals surface area contributed by atoms with E-state index in [4.69, 9.17) is 9.73 Å². The van der Waals surface area contributed by atoms with E-state index in [9.17, 15) is 0 Å². The Morgan fingerprint density at radius 1 is 1.30 bits per heavy atom. The second kappa shape index (κ2) is 11.8. The van der Waals surface area contributed by atoms with Crippen LogP contribution in [-0.4, -0.2) is 52.6 Å². The average molecular weight is 490 g/mol. The first kappa shape index (κ1) is 22.4. The fraction of sp³-hybridized carbons (Fsp3) is 0.842. The fourth-order valence-electron chi connectivity index (χ4n) is 3.77. The molecule has 1 saturated carbocycles. The molecule has 0 amide bonds. The van der Waals surface area contributed by atoms with Gasteiger partial charge in [-0.15, -0.1) is 34.2 Å². The van der Waals surface area contributed by atoms with E-state index in [2.05, 4.69) is 39.2 Å². The number of aryl methyl sites for hydroxylation is 1. The Balaban J connectivity index is 0.00000261. The number of guanidine groups is 1. The van der Waals surface area contributed by atoms with Gasteiger partial charge in [0.2, 0.25) is 0 Å². The van der Waals surface area contributed by atoms with Gasteiger partial charge in [-0.3, -0.25) is 4.99 Å². The summed E-state index contributed by atoms with van der Waals surface area (Å²) in [6, 6.07) is 0.531. The Bertz CT molecular complexity index is 564. The third-order valence-electron chi connectivity index (χ3n) is 5.49. The van der Waals surface area contributed by atoms with E-state index in [1.807, 2.05) is 0 Å². The van der Waals surface area contributed by atoms with Crippen LogP contribution in [0.1, 0.15) is 58.2 Å². The number of nitrogens with one attached hydrogen (secondary N) is 2. The third-order valence-corrected chi connectivity index (χ3v) is 5.49. The van der Waals surface area contributed by atoms with Gasteiger partial charge >= 0.3 is 0 Å². The molecule has 3 rings (SSSR count). The molecule has 1 aliphatic heterocycles. The molecule has 154 valence electrons. The molecule has 1 aromatic heterocycles. The lowest BCUT2D eigenvalue weighted by atomic mass is 9.87. The molecule has 1 unspecified atom stereocenters. The first-order valence-corrected chi connectivity index (χ1v) is 10.3. The molecular weight excluding hydrogens is 455 g/mol. The van der Waals surface area contributed by atoms with Crippen molar-refractivity contribution in [2.45, 2.75) is 77.5 Å². The van der Waals surface area contributed by atoms with Crippen molar-refractivity contribution < 1.29 is 4.74 Å². The summed E-state index contributed by atoms with van der Waals surface area (Å²) in [6.45, 7) is 7.74. The van der Waals surface area contributed by atoms with Gasteiger partial charge in [0.05, 0.1) is 12.6 Å². The number of ether oxygens (including phenoxy) is 1. The molecular formula is C19H35IN6O. The van der Waals surface area contributed by atoms with Crippen molar-refractivity contribution in [1.82, 2.24) is 25.4 Å². The maximum absolute atomic E-state index is 5.72. The molecule has 0 aromatic carbocycles. The van der Waals surface area contributed by atoms with Crippen LogP contribution in [0.5, 0.6) is 0 Å². The highest BCUT2D eigenvalue weighted by Crippen LogP contribution is 2.23. The topological polar surface area (TPSA) is 76.4 Å². The van der Waals surface area contributed by atoms with Gasteiger partial charge in [0.1, 0.15) is 12.2 Å². The van der Waals surface area contributed by atoms with Crippen molar-refractivity contribution >= 4 is 29.9 Å². The first-order chi connectivity index (χ1) is 12.7. The lowest BCUT2D eigenvalue weighted by Crippen LogP contribution is -2.46. The van der Waals surface area contributed by atoms with Gasteiger partial charge < -0.3 is 19.9 Å². The van der Waals surface area contributed by atoms with Crippen LogP contribution >= 0.6 is 24.0 Å². The summed E-state index contributed by atoms with van der Waals surface area (Å²) < 4.78 is 7.82. The molecule has 7 nitrogen and oxygen atoms in total.